The van der Waals surface area contributed by atoms with Crippen LogP contribution in [0.5, 0.6) is 5.75 Å². The SMILES string of the molecule is COc1ccc([N+](=O)[O-])cc1NC(=O)C(C)N(C)CCC#N. The molecule has 0 aromatic heterocycles. The smallest absolute Gasteiger partial charge is 0.271 e. The monoisotopic (exact) mass is 306 g/mol. The molecule has 1 amide bonds. The molecule has 1 unspecified atom stereocenters. The minimum Gasteiger partial charge on any atom is -0.495 e. The molecule has 1 rings (SSSR count). The summed E-state index contributed by atoms with van der Waals surface area (Å²) in [6.45, 7) is 2.15. The number of hydrogen-bond donors (Lipinski definition) is 1. The summed E-state index contributed by atoms with van der Waals surface area (Å²) in [5.41, 5.74) is 0.101. The molecule has 0 fully saturated rings. The van der Waals surface area contributed by atoms with Crippen LogP contribution in [0.3, 0.4) is 0 Å². The lowest BCUT2D eigenvalue weighted by Gasteiger charge is -2.23. The summed E-state index contributed by atoms with van der Waals surface area (Å²) in [6.07, 6.45) is 0.314. The summed E-state index contributed by atoms with van der Waals surface area (Å²) in [5, 5.41) is 22.0. The topological polar surface area (TPSA) is 108 Å². The highest BCUT2D eigenvalue weighted by atomic mass is 16.6. The molecular formula is C14H18N4O4. The van der Waals surface area contributed by atoms with Gasteiger partial charge in [0.25, 0.3) is 5.69 Å². The predicted molar refractivity (Wildman–Crippen MR) is 80.6 cm³/mol. The first kappa shape index (κ1) is 17.4. The Morgan fingerprint density at radius 3 is 2.82 bits per heavy atom. The molecule has 1 aromatic rings. The maximum atomic E-state index is 12.2. The van der Waals surface area contributed by atoms with Crippen LogP contribution in [-0.2, 0) is 4.79 Å². The molecule has 0 heterocycles. The molecule has 0 aliphatic heterocycles. The highest BCUT2D eigenvalue weighted by Gasteiger charge is 2.20. The van der Waals surface area contributed by atoms with Gasteiger partial charge in [0, 0.05) is 25.1 Å². The summed E-state index contributed by atoms with van der Waals surface area (Å²) < 4.78 is 5.09. The zero-order valence-electron chi connectivity index (χ0n) is 12.7. The van der Waals surface area contributed by atoms with Gasteiger partial charge in [0.05, 0.1) is 29.8 Å². The molecular weight excluding hydrogens is 288 g/mol. The van der Waals surface area contributed by atoms with E-state index in [-0.39, 0.29) is 17.3 Å². The number of benzene rings is 1. The number of nitro benzene ring substituents is 1. The van der Waals surface area contributed by atoms with Crippen molar-refractivity contribution in [2.45, 2.75) is 19.4 Å². The summed E-state index contributed by atoms with van der Waals surface area (Å²) in [5.74, 6) is 0.00469. The van der Waals surface area contributed by atoms with Gasteiger partial charge >= 0.3 is 0 Å². The van der Waals surface area contributed by atoms with E-state index in [2.05, 4.69) is 5.32 Å². The van der Waals surface area contributed by atoms with Crippen LogP contribution in [0.4, 0.5) is 11.4 Å². The number of nitrogens with zero attached hydrogens (tertiary/aromatic N) is 3. The van der Waals surface area contributed by atoms with Crippen molar-refractivity contribution in [3.63, 3.8) is 0 Å². The van der Waals surface area contributed by atoms with Crippen LogP contribution in [0.15, 0.2) is 18.2 Å². The Hall–Kier alpha value is -2.66. The number of carbonyl (C=O) groups excluding carboxylic acids is 1. The Balaban J connectivity index is 2.88. The summed E-state index contributed by atoms with van der Waals surface area (Å²) in [6, 6.07) is 5.50. The van der Waals surface area contributed by atoms with E-state index in [4.69, 9.17) is 10.00 Å². The molecule has 0 spiro atoms. The van der Waals surface area contributed by atoms with Crippen LogP contribution in [0.1, 0.15) is 13.3 Å². The molecule has 0 aliphatic carbocycles. The number of nitriles is 1. The third kappa shape index (κ3) is 4.43. The zero-order valence-corrected chi connectivity index (χ0v) is 12.7. The second-order valence-corrected chi connectivity index (χ2v) is 4.70. The van der Waals surface area contributed by atoms with E-state index in [1.54, 1.807) is 18.9 Å². The van der Waals surface area contributed by atoms with Gasteiger partial charge in [0.2, 0.25) is 5.91 Å². The van der Waals surface area contributed by atoms with E-state index in [1.165, 1.54) is 25.3 Å². The minimum absolute atomic E-state index is 0.137. The lowest BCUT2D eigenvalue weighted by molar-refractivity contribution is -0.384. The van der Waals surface area contributed by atoms with Crippen LogP contribution in [0, 0.1) is 21.4 Å². The molecule has 0 saturated heterocycles. The van der Waals surface area contributed by atoms with Crippen LogP contribution >= 0.6 is 0 Å². The Labute approximate surface area is 128 Å². The highest BCUT2D eigenvalue weighted by molar-refractivity contribution is 5.96. The molecule has 1 N–H and O–H groups in total. The lowest BCUT2D eigenvalue weighted by Crippen LogP contribution is -2.40. The molecule has 0 bridgehead atoms. The summed E-state index contributed by atoms with van der Waals surface area (Å²) >= 11 is 0. The second kappa shape index (κ2) is 7.95. The van der Waals surface area contributed by atoms with Gasteiger partial charge in [-0.2, -0.15) is 5.26 Å². The Bertz CT molecular complexity index is 597. The first-order valence-electron chi connectivity index (χ1n) is 6.61. The van der Waals surface area contributed by atoms with Crippen LogP contribution in [0.2, 0.25) is 0 Å². The number of nitrogens with one attached hydrogen (secondary N) is 1. The van der Waals surface area contributed by atoms with Crippen molar-refractivity contribution in [1.29, 1.82) is 5.26 Å². The Morgan fingerprint density at radius 2 is 2.27 bits per heavy atom. The van der Waals surface area contributed by atoms with Crippen molar-refractivity contribution < 1.29 is 14.5 Å². The molecule has 8 heteroatoms. The van der Waals surface area contributed by atoms with Gasteiger partial charge < -0.3 is 10.1 Å². The molecule has 1 atom stereocenters. The zero-order chi connectivity index (χ0) is 16.7. The van der Waals surface area contributed by atoms with Gasteiger partial charge in [0.15, 0.2) is 0 Å². The number of methoxy groups -OCH3 is 1. The van der Waals surface area contributed by atoms with Gasteiger partial charge in [-0.3, -0.25) is 19.8 Å². The van der Waals surface area contributed by atoms with Crippen molar-refractivity contribution >= 4 is 17.3 Å². The van der Waals surface area contributed by atoms with Crippen LogP contribution in [-0.4, -0.2) is 42.5 Å². The second-order valence-electron chi connectivity index (χ2n) is 4.70. The van der Waals surface area contributed by atoms with Gasteiger partial charge in [-0.1, -0.05) is 0 Å². The summed E-state index contributed by atoms with van der Waals surface area (Å²) in [4.78, 5) is 24.2. The van der Waals surface area contributed by atoms with Gasteiger partial charge in [0.1, 0.15) is 5.75 Å². The van der Waals surface area contributed by atoms with Crippen LogP contribution in [0.25, 0.3) is 0 Å². The molecule has 0 radical (unpaired) electrons. The molecule has 1 aromatic carbocycles. The maximum Gasteiger partial charge on any atom is 0.271 e. The maximum absolute atomic E-state index is 12.2. The standard InChI is InChI=1S/C14H18N4O4/c1-10(17(2)8-4-7-15)14(19)16-12-9-11(18(20)21)5-6-13(12)22-3/h5-6,9-10H,4,8H2,1-3H3,(H,16,19). The molecule has 22 heavy (non-hydrogen) atoms. The molecule has 8 nitrogen and oxygen atoms in total. The van der Waals surface area contributed by atoms with Crippen LogP contribution < -0.4 is 10.1 Å². The third-order valence-corrected chi connectivity index (χ3v) is 3.27. The Morgan fingerprint density at radius 1 is 1.59 bits per heavy atom. The van der Waals surface area contributed by atoms with Gasteiger partial charge in [-0.25, -0.2) is 0 Å². The number of nitro groups is 1. The van der Waals surface area contributed by atoms with Gasteiger partial charge in [-0.15, -0.1) is 0 Å². The number of carbonyl (C=O) groups is 1. The number of amides is 1. The molecule has 118 valence electrons. The third-order valence-electron chi connectivity index (χ3n) is 3.27. The number of ether oxygens (including phenoxy) is 1. The molecule has 0 aliphatic rings. The fourth-order valence-corrected chi connectivity index (χ4v) is 1.76. The van der Waals surface area contributed by atoms with Crippen molar-refractivity contribution in [3.8, 4) is 11.8 Å². The Kier molecular flexibility index (Phi) is 6.28. The lowest BCUT2D eigenvalue weighted by atomic mass is 10.2. The fraction of sp³-hybridized carbons (Fsp3) is 0.429. The van der Waals surface area contributed by atoms with E-state index in [0.717, 1.165) is 0 Å². The number of hydrogen-bond acceptors (Lipinski definition) is 6. The predicted octanol–water partition coefficient (Wildman–Crippen LogP) is 1.78. The van der Waals surface area contributed by atoms with E-state index < -0.39 is 11.0 Å². The summed E-state index contributed by atoms with van der Waals surface area (Å²) in [7, 11) is 3.14. The number of rotatable bonds is 7. The quantitative estimate of drug-likeness (QED) is 0.607. The highest BCUT2D eigenvalue weighted by Crippen LogP contribution is 2.29. The van der Waals surface area contributed by atoms with E-state index in [1.807, 2.05) is 6.07 Å². The van der Waals surface area contributed by atoms with Crippen molar-refractivity contribution in [2.24, 2.45) is 0 Å². The molecule has 0 saturated carbocycles. The largest absolute Gasteiger partial charge is 0.495 e. The average molecular weight is 306 g/mol. The number of anilines is 1. The fourth-order valence-electron chi connectivity index (χ4n) is 1.76. The van der Waals surface area contributed by atoms with E-state index in [0.29, 0.717) is 18.7 Å². The van der Waals surface area contributed by atoms with Crippen molar-refractivity contribution in [3.05, 3.63) is 28.3 Å². The first-order chi connectivity index (χ1) is 10.4. The van der Waals surface area contributed by atoms with Crippen molar-refractivity contribution in [2.75, 3.05) is 26.0 Å². The normalized spacial score (nSPS) is 11.6. The minimum atomic E-state index is -0.544. The number of non-ortho nitro benzene ring substituents is 1. The van der Waals surface area contributed by atoms with E-state index >= 15 is 0 Å². The number of likely N-dealkylation sites (N-methyl/N-ethyl adjacent to an activating group) is 1. The van der Waals surface area contributed by atoms with E-state index in [9.17, 15) is 14.9 Å². The average Bonchev–Trinajstić information content (AvgIpc) is 2.51. The first-order valence-corrected chi connectivity index (χ1v) is 6.61. The van der Waals surface area contributed by atoms with Gasteiger partial charge in [-0.05, 0) is 20.0 Å². The van der Waals surface area contributed by atoms with Crippen molar-refractivity contribution in [1.82, 2.24) is 4.90 Å².